The number of rotatable bonds is 7. The predicted octanol–water partition coefficient (Wildman–Crippen LogP) is 5.77. The summed E-state index contributed by atoms with van der Waals surface area (Å²) < 4.78 is 7.79. The lowest BCUT2D eigenvalue weighted by molar-refractivity contribution is 0.290. The molecule has 0 unspecified atom stereocenters. The second-order valence-corrected chi connectivity index (χ2v) is 8.66. The van der Waals surface area contributed by atoms with Gasteiger partial charge in [-0.2, -0.15) is 0 Å². The monoisotopic (exact) mass is 442 g/mol. The lowest BCUT2D eigenvalue weighted by Crippen LogP contribution is -2.04. The van der Waals surface area contributed by atoms with Gasteiger partial charge in [0.05, 0.1) is 5.69 Å². The van der Waals surface area contributed by atoms with Gasteiger partial charge in [-0.25, -0.2) is 4.98 Å². The Bertz CT molecular complexity index is 1110. The number of thiazole rings is 1. The average molecular weight is 443 g/mol. The fourth-order valence-corrected chi connectivity index (χ4v) is 4.55. The standard InChI is InChI=1S/C21H19ClN4OS2/c1-14-10-17(8-9-18(14)22)27-11-19-24-25-21(26(19)2)29-13-16-12-28-20(23-16)15-6-4-3-5-7-15/h3-10,12H,11,13H2,1-2H3. The average Bonchev–Trinajstić information content (AvgIpc) is 3.35. The van der Waals surface area contributed by atoms with E-state index >= 15 is 0 Å². The smallest absolute Gasteiger partial charge is 0.191 e. The normalized spacial score (nSPS) is 11.0. The molecule has 0 saturated heterocycles. The maximum atomic E-state index is 6.06. The molecule has 2 aromatic heterocycles. The Kier molecular flexibility index (Phi) is 6.18. The first-order chi connectivity index (χ1) is 14.1. The van der Waals surface area contributed by atoms with Crippen LogP contribution >= 0.6 is 34.7 Å². The Morgan fingerprint density at radius 2 is 1.97 bits per heavy atom. The van der Waals surface area contributed by atoms with Gasteiger partial charge >= 0.3 is 0 Å². The first-order valence-corrected chi connectivity index (χ1v) is 11.2. The van der Waals surface area contributed by atoms with E-state index in [2.05, 4.69) is 27.7 Å². The quantitative estimate of drug-likeness (QED) is 0.340. The van der Waals surface area contributed by atoms with Crippen LogP contribution in [0.5, 0.6) is 5.75 Å². The number of ether oxygens (including phenoxy) is 1. The molecule has 0 aliphatic heterocycles. The zero-order valence-electron chi connectivity index (χ0n) is 16.0. The number of halogens is 1. The number of hydrogen-bond donors (Lipinski definition) is 0. The molecule has 0 aliphatic rings. The van der Waals surface area contributed by atoms with Crippen LogP contribution in [0.2, 0.25) is 5.02 Å². The Labute approximate surface area is 182 Å². The zero-order chi connectivity index (χ0) is 20.2. The van der Waals surface area contributed by atoms with Crippen LogP contribution in [0.15, 0.2) is 59.1 Å². The summed E-state index contributed by atoms with van der Waals surface area (Å²) >= 11 is 9.33. The molecular weight excluding hydrogens is 424 g/mol. The van der Waals surface area contributed by atoms with E-state index in [0.29, 0.717) is 6.61 Å². The van der Waals surface area contributed by atoms with E-state index in [0.717, 1.165) is 49.3 Å². The van der Waals surface area contributed by atoms with Crippen LogP contribution in [0.25, 0.3) is 10.6 Å². The molecule has 148 valence electrons. The molecule has 0 aliphatic carbocycles. The van der Waals surface area contributed by atoms with Gasteiger partial charge < -0.3 is 9.30 Å². The first kappa shape index (κ1) is 19.9. The molecule has 4 aromatic rings. The third-order valence-corrected chi connectivity index (χ3v) is 6.76. The molecule has 0 spiro atoms. The maximum Gasteiger partial charge on any atom is 0.191 e. The van der Waals surface area contributed by atoms with Crippen LogP contribution < -0.4 is 4.74 Å². The highest BCUT2D eigenvalue weighted by Gasteiger charge is 2.12. The van der Waals surface area contributed by atoms with E-state index in [4.69, 9.17) is 21.3 Å². The van der Waals surface area contributed by atoms with Crippen LogP contribution in [0.4, 0.5) is 0 Å². The second-order valence-electron chi connectivity index (χ2n) is 6.46. The van der Waals surface area contributed by atoms with Crippen LogP contribution in [-0.4, -0.2) is 19.7 Å². The molecule has 0 saturated carbocycles. The van der Waals surface area contributed by atoms with E-state index < -0.39 is 0 Å². The molecule has 0 amide bonds. The van der Waals surface area contributed by atoms with Crippen molar-refractivity contribution in [1.82, 2.24) is 19.7 Å². The molecule has 2 aromatic carbocycles. The zero-order valence-corrected chi connectivity index (χ0v) is 18.4. The summed E-state index contributed by atoms with van der Waals surface area (Å²) in [6, 6.07) is 15.8. The predicted molar refractivity (Wildman–Crippen MR) is 119 cm³/mol. The molecule has 0 atom stereocenters. The van der Waals surface area contributed by atoms with Crippen molar-refractivity contribution in [2.75, 3.05) is 0 Å². The minimum absolute atomic E-state index is 0.347. The number of nitrogens with zero attached hydrogens (tertiary/aromatic N) is 4. The van der Waals surface area contributed by atoms with E-state index in [1.165, 1.54) is 0 Å². The van der Waals surface area contributed by atoms with E-state index in [1.807, 2.05) is 54.9 Å². The van der Waals surface area contributed by atoms with Gasteiger partial charge in [0.2, 0.25) is 0 Å². The highest BCUT2D eigenvalue weighted by molar-refractivity contribution is 7.98. The Morgan fingerprint density at radius 1 is 1.14 bits per heavy atom. The van der Waals surface area contributed by atoms with Crippen molar-refractivity contribution in [2.45, 2.75) is 24.4 Å². The van der Waals surface area contributed by atoms with Crippen LogP contribution in [0.1, 0.15) is 17.1 Å². The SMILES string of the molecule is Cc1cc(OCc2nnc(SCc3csc(-c4ccccc4)n3)n2C)ccc1Cl. The lowest BCUT2D eigenvalue weighted by atomic mass is 10.2. The van der Waals surface area contributed by atoms with Crippen molar-refractivity contribution in [3.63, 3.8) is 0 Å². The number of thioether (sulfide) groups is 1. The largest absolute Gasteiger partial charge is 0.486 e. The third-order valence-electron chi connectivity index (χ3n) is 4.34. The molecule has 8 heteroatoms. The summed E-state index contributed by atoms with van der Waals surface area (Å²) in [4.78, 5) is 4.73. The van der Waals surface area contributed by atoms with Gasteiger partial charge in [-0.05, 0) is 30.7 Å². The maximum absolute atomic E-state index is 6.06. The summed E-state index contributed by atoms with van der Waals surface area (Å²) in [5.41, 5.74) is 3.16. The van der Waals surface area contributed by atoms with Crippen molar-refractivity contribution in [3.8, 4) is 16.3 Å². The summed E-state index contributed by atoms with van der Waals surface area (Å²) in [5.74, 6) is 2.27. The number of aromatic nitrogens is 4. The molecule has 2 heterocycles. The lowest BCUT2D eigenvalue weighted by Gasteiger charge is -2.07. The third kappa shape index (κ3) is 4.80. The fraction of sp³-hybridized carbons (Fsp3) is 0.190. The topological polar surface area (TPSA) is 52.8 Å². The highest BCUT2D eigenvalue weighted by Crippen LogP contribution is 2.27. The molecular formula is C21H19ClN4OS2. The van der Waals surface area contributed by atoms with E-state index in [-0.39, 0.29) is 0 Å². The molecule has 0 bridgehead atoms. The minimum Gasteiger partial charge on any atom is -0.486 e. The van der Waals surface area contributed by atoms with Crippen molar-refractivity contribution >= 4 is 34.7 Å². The fourth-order valence-electron chi connectivity index (χ4n) is 2.68. The number of hydrogen-bond acceptors (Lipinski definition) is 6. The van der Waals surface area contributed by atoms with Gasteiger partial charge in [-0.15, -0.1) is 21.5 Å². The number of benzene rings is 2. The first-order valence-electron chi connectivity index (χ1n) is 9.00. The molecule has 0 N–H and O–H groups in total. The van der Waals surface area contributed by atoms with Gasteiger partial charge in [-0.1, -0.05) is 53.7 Å². The second kappa shape index (κ2) is 8.98. The molecule has 4 rings (SSSR count). The highest BCUT2D eigenvalue weighted by atomic mass is 35.5. The minimum atomic E-state index is 0.347. The van der Waals surface area contributed by atoms with E-state index in [9.17, 15) is 0 Å². The van der Waals surface area contributed by atoms with Crippen molar-refractivity contribution in [3.05, 3.63) is 76.0 Å². The summed E-state index contributed by atoms with van der Waals surface area (Å²) in [6.45, 7) is 2.30. The van der Waals surface area contributed by atoms with Gasteiger partial charge in [0.1, 0.15) is 17.4 Å². The van der Waals surface area contributed by atoms with Gasteiger partial charge in [0.15, 0.2) is 11.0 Å². The summed E-state index contributed by atoms with van der Waals surface area (Å²) in [7, 11) is 1.95. The van der Waals surface area contributed by atoms with Crippen LogP contribution in [-0.2, 0) is 19.4 Å². The van der Waals surface area contributed by atoms with E-state index in [1.54, 1.807) is 23.1 Å². The molecule has 0 fully saturated rings. The molecule has 0 radical (unpaired) electrons. The molecule has 5 nitrogen and oxygen atoms in total. The van der Waals surface area contributed by atoms with Crippen molar-refractivity contribution in [1.29, 1.82) is 0 Å². The Hall–Kier alpha value is -2.35. The van der Waals surface area contributed by atoms with Crippen molar-refractivity contribution in [2.24, 2.45) is 7.05 Å². The van der Waals surface area contributed by atoms with Crippen molar-refractivity contribution < 1.29 is 4.74 Å². The summed E-state index contributed by atoms with van der Waals surface area (Å²) in [5, 5.41) is 13.2. The van der Waals surface area contributed by atoms with Crippen LogP contribution in [0.3, 0.4) is 0 Å². The number of aryl methyl sites for hydroxylation is 1. The Morgan fingerprint density at radius 3 is 2.76 bits per heavy atom. The Balaban J connectivity index is 1.36. The van der Waals surface area contributed by atoms with Gasteiger partial charge in [0.25, 0.3) is 0 Å². The van der Waals surface area contributed by atoms with Crippen LogP contribution in [0, 0.1) is 6.92 Å². The van der Waals surface area contributed by atoms with Gasteiger partial charge in [-0.3, -0.25) is 0 Å². The summed E-state index contributed by atoms with van der Waals surface area (Å²) in [6.07, 6.45) is 0. The van der Waals surface area contributed by atoms with Gasteiger partial charge in [0, 0.05) is 28.8 Å². The molecule has 29 heavy (non-hydrogen) atoms.